The molecule has 1 amide bonds. The third-order valence-electron chi connectivity index (χ3n) is 5.64. The molecular weight excluding hydrogens is 504 g/mol. The molecule has 9 nitrogen and oxygen atoms in total. The lowest BCUT2D eigenvalue weighted by Crippen LogP contribution is -2.35. The van der Waals surface area contributed by atoms with Crippen LogP contribution in [0.4, 0.5) is 0 Å². The molecular formula is C28H24N4O5S. The molecule has 0 spiro atoms. The Kier molecular flexibility index (Phi) is 7.41. The molecule has 2 aliphatic heterocycles. The van der Waals surface area contributed by atoms with Crippen molar-refractivity contribution in [2.24, 2.45) is 10.1 Å². The second-order valence-corrected chi connectivity index (χ2v) is 9.03. The van der Waals surface area contributed by atoms with Crippen molar-refractivity contribution in [2.75, 3.05) is 27.4 Å². The van der Waals surface area contributed by atoms with Crippen LogP contribution in [0.5, 0.6) is 23.0 Å². The summed E-state index contributed by atoms with van der Waals surface area (Å²) in [5.74, 6) is 1.97. The van der Waals surface area contributed by atoms with Gasteiger partial charge in [0.15, 0.2) is 17.3 Å². The van der Waals surface area contributed by atoms with Crippen LogP contribution in [0.3, 0.4) is 0 Å². The largest absolute Gasteiger partial charge is 0.497 e. The number of benzene rings is 3. The zero-order chi connectivity index (χ0) is 26.5. The van der Waals surface area contributed by atoms with E-state index in [1.807, 2.05) is 54.6 Å². The maximum atomic E-state index is 12.8. The third-order valence-corrected chi connectivity index (χ3v) is 6.60. The monoisotopic (exact) mass is 528 g/mol. The van der Waals surface area contributed by atoms with Gasteiger partial charge in [0, 0.05) is 5.56 Å². The van der Waals surface area contributed by atoms with Crippen LogP contribution in [0, 0.1) is 5.41 Å². The van der Waals surface area contributed by atoms with Crippen LogP contribution in [-0.2, 0) is 4.79 Å². The maximum Gasteiger partial charge on any atom is 0.283 e. The number of carbonyl (C=O) groups is 1. The fourth-order valence-corrected chi connectivity index (χ4v) is 4.63. The highest BCUT2D eigenvalue weighted by Gasteiger charge is 2.36. The van der Waals surface area contributed by atoms with Crippen LogP contribution in [0.25, 0.3) is 6.08 Å². The van der Waals surface area contributed by atoms with Gasteiger partial charge in [-0.2, -0.15) is 15.1 Å². The summed E-state index contributed by atoms with van der Waals surface area (Å²) in [6.07, 6.45) is 1.60. The first-order chi connectivity index (χ1) is 18.6. The van der Waals surface area contributed by atoms with Gasteiger partial charge in [0.05, 0.1) is 19.8 Å². The summed E-state index contributed by atoms with van der Waals surface area (Å²) in [6.45, 7) is 0.643. The molecule has 3 aromatic rings. The van der Waals surface area contributed by atoms with E-state index in [-0.39, 0.29) is 11.4 Å². The minimum Gasteiger partial charge on any atom is -0.497 e. The van der Waals surface area contributed by atoms with E-state index in [0.29, 0.717) is 46.2 Å². The lowest BCUT2D eigenvalue weighted by molar-refractivity contribution is -0.114. The zero-order valence-electron chi connectivity index (χ0n) is 20.7. The quantitative estimate of drug-likeness (QED) is 0.313. The Morgan fingerprint density at radius 3 is 2.37 bits per heavy atom. The molecule has 192 valence electrons. The molecule has 2 heterocycles. The SMILES string of the molecule is COc1ccc(OCCOc2ccc(/C=C3\C(=N)N4N=C(c5ccccc5)SC4=NC3=O)cc2OC)cc1. The molecule has 1 N–H and O–H groups in total. The number of hydrogen-bond donors (Lipinski definition) is 1. The van der Waals surface area contributed by atoms with Crippen molar-refractivity contribution >= 4 is 39.8 Å². The van der Waals surface area contributed by atoms with E-state index in [1.165, 1.54) is 16.8 Å². The van der Waals surface area contributed by atoms with E-state index in [4.69, 9.17) is 24.4 Å². The first-order valence-corrected chi connectivity index (χ1v) is 12.5. The number of carbonyl (C=O) groups excluding carboxylic acids is 1. The van der Waals surface area contributed by atoms with Crippen molar-refractivity contribution in [3.05, 3.63) is 89.5 Å². The molecule has 0 unspecified atom stereocenters. The highest BCUT2D eigenvalue weighted by Crippen LogP contribution is 2.33. The third kappa shape index (κ3) is 5.40. The number of thioether (sulfide) groups is 1. The highest BCUT2D eigenvalue weighted by molar-refractivity contribution is 8.27. The summed E-state index contributed by atoms with van der Waals surface area (Å²) in [7, 11) is 3.15. The number of nitrogens with one attached hydrogen (secondary N) is 1. The molecule has 0 aliphatic carbocycles. The second kappa shape index (κ2) is 11.2. The van der Waals surface area contributed by atoms with Crippen LogP contribution in [0.1, 0.15) is 11.1 Å². The van der Waals surface area contributed by atoms with Crippen LogP contribution in [-0.4, -0.2) is 54.4 Å². The normalized spacial score (nSPS) is 15.6. The second-order valence-electron chi connectivity index (χ2n) is 8.07. The molecule has 0 bridgehead atoms. The molecule has 3 aromatic carbocycles. The van der Waals surface area contributed by atoms with Gasteiger partial charge in [-0.25, -0.2) is 0 Å². The van der Waals surface area contributed by atoms with Gasteiger partial charge < -0.3 is 18.9 Å². The molecule has 0 saturated heterocycles. The Bertz CT molecular complexity index is 1450. The number of rotatable bonds is 9. The Morgan fingerprint density at radius 1 is 0.895 bits per heavy atom. The Hall–Kier alpha value is -4.57. The minimum absolute atomic E-state index is 0.0339. The lowest BCUT2D eigenvalue weighted by Gasteiger charge is -2.20. The molecule has 0 aromatic heterocycles. The van der Waals surface area contributed by atoms with Gasteiger partial charge in [-0.1, -0.05) is 36.4 Å². The Labute approximate surface area is 223 Å². The number of hydrazone groups is 1. The standard InChI is InChI=1S/C28H24N4O5S/c1-34-20-9-11-21(12-10-20)36-14-15-37-23-13-8-18(17-24(23)35-2)16-22-25(29)32-28(30-26(22)33)38-27(31-32)19-6-4-3-5-7-19/h3-13,16-17,29H,14-15H2,1-2H3/b22-16+,29-25?. The van der Waals surface area contributed by atoms with E-state index in [2.05, 4.69) is 10.1 Å². The smallest absolute Gasteiger partial charge is 0.283 e. The topological polar surface area (TPSA) is 106 Å². The van der Waals surface area contributed by atoms with Gasteiger partial charge in [-0.3, -0.25) is 10.2 Å². The molecule has 10 heteroatoms. The van der Waals surface area contributed by atoms with Crippen molar-refractivity contribution < 1.29 is 23.7 Å². The Balaban J connectivity index is 1.26. The van der Waals surface area contributed by atoms with Crippen molar-refractivity contribution in [3.8, 4) is 23.0 Å². The Morgan fingerprint density at radius 2 is 1.63 bits per heavy atom. The van der Waals surface area contributed by atoms with E-state index in [9.17, 15) is 4.79 Å². The van der Waals surface area contributed by atoms with E-state index in [0.717, 1.165) is 11.3 Å². The fourth-order valence-electron chi connectivity index (χ4n) is 3.73. The first-order valence-electron chi connectivity index (χ1n) is 11.7. The summed E-state index contributed by atoms with van der Waals surface area (Å²) in [4.78, 5) is 16.9. The van der Waals surface area contributed by atoms with Gasteiger partial charge in [-0.15, -0.1) is 0 Å². The van der Waals surface area contributed by atoms with Crippen LogP contribution < -0.4 is 18.9 Å². The summed E-state index contributed by atoms with van der Waals surface area (Å²) < 4.78 is 22.2. The summed E-state index contributed by atoms with van der Waals surface area (Å²) >= 11 is 1.27. The summed E-state index contributed by atoms with van der Waals surface area (Å²) in [6, 6.07) is 22.2. The van der Waals surface area contributed by atoms with E-state index in [1.54, 1.807) is 38.5 Å². The number of fused-ring (bicyclic) bond motifs is 1. The summed E-state index contributed by atoms with van der Waals surface area (Å²) in [5, 5.41) is 15.6. The molecule has 0 saturated carbocycles. The average molecular weight is 529 g/mol. The average Bonchev–Trinajstić information content (AvgIpc) is 3.39. The number of methoxy groups -OCH3 is 2. The summed E-state index contributed by atoms with van der Waals surface area (Å²) in [5.41, 5.74) is 1.70. The number of ether oxygens (including phenoxy) is 4. The minimum atomic E-state index is -0.492. The zero-order valence-corrected chi connectivity index (χ0v) is 21.5. The predicted molar refractivity (Wildman–Crippen MR) is 148 cm³/mol. The predicted octanol–water partition coefficient (Wildman–Crippen LogP) is 4.83. The van der Waals surface area contributed by atoms with Gasteiger partial charge >= 0.3 is 0 Å². The van der Waals surface area contributed by atoms with Crippen molar-refractivity contribution in [1.29, 1.82) is 5.41 Å². The maximum absolute atomic E-state index is 12.8. The molecule has 0 radical (unpaired) electrons. The number of amidine groups is 2. The fraction of sp³-hybridized carbons (Fsp3) is 0.143. The van der Waals surface area contributed by atoms with E-state index < -0.39 is 5.91 Å². The van der Waals surface area contributed by atoms with Crippen molar-refractivity contribution in [2.45, 2.75) is 0 Å². The molecule has 0 fully saturated rings. The molecule has 0 atom stereocenters. The van der Waals surface area contributed by atoms with Gasteiger partial charge in [0.2, 0.25) is 5.17 Å². The number of hydrogen-bond acceptors (Lipinski definition) is 8. The first kappa shape index (κ1) is 25.1. The van der Waals surface area contributed by atoms with Crippen LogP contribution in [0.2, 0.25) is 0 Å². The van der Waals surface area contributed by atoms with Crippen LogP contribution >= 0.6 is 11.8 Å². The van der Waals surface area contributed by atoms with Crippen LogP contribution in [0.15, 0.2) is 88.5 Å². The molecule has 5 rings (SSSR count). The lowest BCUT2D eigenvalue weighted by atomic mass is 10.1. The van der Waals surface area contributed by atoms with Crippen molar-refractivity contribution in [3.63, 3.8) is 0 Å². The van der Waals surface area contributed by atoms with Crippen molar-refractivity contribution in [1.82, 2.24) is 5.01 Å². The number of aliphatic imine (C=N–C) groups is 1. The van der Waals surface area contributed by atoms with Gasteiger partial charge in [0.25, 0.3) is 5.91 Å². The molecule has 38 heavy (non-hydrogen) atoms. The van der Waals surface area contributed by atoms with Gasteiger partial charge in [0.1, 0.15) is 29.8 Å². The van der Waals surface area contributed by atoms with E-state index >= 15 is 0 Å². The molecule has 2 aliphatic rings. The number of amides is 1. The highest BCUT2D eigenvalue weighted by atomic mass is 32.2. The van der Waals surface area contributed by atoms with Gasteiger partial charge in [-0.05, 0) is 59.8 Å². The number of nitrogens with zero attached hydrogens (tertiary/aromatic N) is 3.